The summed E-state index contributed by atoms with van der Waals surface area (Å²) in [5.74, 6) is -1.46. The van der Waals surface area contributed by atoms with E-state index in [1.165, 1.54) is 29.2 Å². The Morgan fingerprint density at radius 3 is 2.52 bits per heavy atom. The molecule has 5 nitrogen and oxygen atoms in total. The van der Waals surface area contributed by atoms with Crippen LogP contribution in [0.3, 0.4) is 0 Å². The Morgan fingerprint density at radius 1 is 1.03 bits per heavy atom. The van der Waals surface area contributed by atoms with Gasteiger partial charge in [-0.05, 0) is 48.7 Å². The zero-order valence-corrected chi connectivity index (χ0v) is 15.4. The topological polar surface area (TPSA) is 59.8 Å². The van der Waals surface area contributed by atoms with Crippen molar-refractivity contribution < 1.29 is 22.7 Å². The monoisotopic (exact) mass is 397 g/mol. The highest BCUT2D eigenvalue weighted by molar-refractivity contribution is 5.99. The molecule has 1 fully saturated rings. The van der Waals surface area contributed by atoms with E-state index >= 15 is 0 Å². The molecule has 0 unspecified atom stereocenters. The second kappa shape index (κ2) is 6.77. The molecule has 5 rings (SSSR count). The Labute approximate surface area is 164 Å². The van der Waals surface area contributed by atoms with Crippen molar-refractivity contribution in [2.45, 2.75) is 25.0 Å². The summed E-state index contributed by atoms with van der Waals surface area (Å²) in [6.07, 6.45) is 1.57. The molecule has 3 heterocycles. The van der Waals surface area contributed by atoms with Gasteiger partial charge in [-0.3, -0.25) is 9.59 Å². The van der Waals surface area contributed by atoms with Gasteiger partial charge in [-0.2, -0.15) is 0 Å². The molecule has 1 amide bonds. The van der Waals surface area contributed by atoms with Crippen LogP contribution < -0.4 is 5.43 Å². The second-order valence-corrected chi connectivity index (χ2v) is 7.36. The van der Waals surface area contributed by atoms with Crippen LogP contribution in [-0.2, 0) is 4.74 Å². The average Bonchev–Trinajstić information content (AvgIpc) is 3.32. The van der Waals surface area contributed by atoms with Crippen LogP contribution in [0, 0.1) is 11.6 Å². The average molecular weight is 397 g/mol. The molecular weight excluding hydrogens is 380 g/mol. The van der Waals surface area contributed by atoms with Gasteiger partial charge < -0.3 is 14.1 Å². The number of carbonyl (C=O) groups is 1. The molecular formula is C22H17F2NO4. The Balaban J connectivity index is 1.71. The highest BCUT2D eigenvalue weighted by Crippen LogP contribution is 2.39. The van der Waals surface area contributed by atoms with Crippen LogP contribution in [0.2, 0.25) is 0 Å². The Morgan fingerprint density at radius 2 is 1.79 bits per heavy atom. The maximum atomic E-state index is 13.7. The van der Waals surface area contributed by atoms with E-state index in [9.17, 15) is 18.4 Å². The van der Waals surface area contributed by atoms with Gasteiger partial charge in [0.1, 0.15) is 17.2 Å². The van der Waals surface area contributed by atoms with Crippen molar-refractivity contribution in [2.75, 3.05) is 13.2 Å². The lowest BCUT2D eigenvalue weighted by molar-refractivity contribution is 0.0486. The predicted octanol–water partition coefficient (Wildman–Crippen LogP) is 3.80. The van der Waals surface area contributed by atoms with E-state index in [1.807, 2.05) is 0 Å². The Bertz CT molecular complexity index is 1170. The van der Waals surface area contributed by atoms with Gasteiger partial charge in [0.05, 0.1) is 23.1 Å². The number of nitrogens with zero attached hydrogens (tertiary/aromatic N) is 1. The summed E-state index contributed by atoms with van der Waals surface area (Å²) in [5.41, 5.74) is 0.427. The van der Waals surface area contributed by atoms with Crippen LogP contribution >= 0.6 is 0 Å². The third-order valence-corrected chi connectivity index (χ3v) is 5.54. The molecule has 0 bridgehead atoms. The molecule has 0 radical (unpaired) electrons. The van der Waals surface area contributed by atoms with E-state index in [0.29, 0.717) is 12.2 Å². The largest absolute Gasteiger partial charge is 0.450 e. The lowest BCUT2D eigenvalue weighted by atomic mass is 9.98. The van der Waals surface area contributed by atoms with Gasteiger partial charge in [0.2, 0.25) is 5.76 Å². The van der Waals surface area contributed by atoms with Crippen LogP contribution in [-0.4, -0.2) is 30.1 Å². The normalized spacial score (nSPS) is 21.2. The van der Waals surface area contributed by atoms with Crippen molar-refractivity contribution in [1.29, 1.82) is 0 Å². The van der Waals surface area contributed by atoms with Crippen LogP contribution in [0.25, 0.3) is 11.0 Å². The van der Waals surface area contributed by atoms with Crippen LogP contribution in [0.5, 0.6) is 0 Å². The lowest BCUT2D eigenvalue weighted by Gasteiger charge is -2.27. The number of rotatable bonds is 3. The quantitative estimate of drug-likeness (QED) is 0.675. The minimum Gasteiger partial charge on any atom is -0.450 e. The third kappa shape index (κ3) is 2.93. The molecule has 2 aromatic carbocycles. The van der Waals surface area contributed by atoms with Crippen LogP contribution in [0.4, 0.5) is 8.78 Å². The summed E-state index contributed by atoms with van der Waals surface area (Å²) in [5, 5.41) is 0.0719. The van der Waals surface area contributed by atoms with Crippen LogP contribution in [0.15, 0.2) is 51.7 Å². The standard InChI is InChI=1S/C22H17F2NO4/c23-13-5-3-12(4-6-13)19-18-20(26)16-10-14(24)7-8-17(16)29-21(18)22(27)25(19)11-15-2-1-9-28-15/h3-8,10,15,19H,1-2,9,11H2/t15-,19+/m1/s1. The summed E-state index contributed by atoms with van der Waals surface area (Å²) in [6.45, 7) is 0.913. The molecule has 29 heavy (non-hydrogen) atoms. The first kappa shape index (κ1) is 18.0. The lowest BCUT2D eigenvalue weighted by Crippen LogP contribution is -2.36. The van der Waals surface area contributed by atoms with E-state index in [1.54, 1.807) is 12.1 Å². The molecule has 7 heteroatoms. The van der Waals surface area contributed by atoms with Crippen molar-refractivity contribution in [3.8, 4) is 0 Å². The molecule has 0 saturated carbocycles. The van der Waals surface area contributed by atoms with E-state index < -0.39 is 29.0 Å². The van der Waals surface area contributed by atoms with Gasteiger partial charge in [-0.15, -0.1) is 0 Å². The number of carbonyl (C=O) groups excluding carboxylic acids is 1. The number of halogens is 2. The zero-order chi connectivity index (χ0) is 20.1. The zero-order valence-electron chi connectivity index (χ0n) is 15.4. The molecule has 2 atom stereocenters. The fourth-order valence-corrected chi connectivity index (χ4v) is 4.18. The first-order valence-electron chi connectivity index (χ1n) is 9.47. The van der Waals surface area contributed by atoms with Gasteiger partial charge in [0.15, 0.2) is 5.43 Å². The van der Waals surface area contributed by atoms with Crippen molar-refractivity contribution in [1.82, 2.24) is 4.90 Å². The SMILES string of the molecule is O=C1c2oc3ccc(F)cc3c(=O)c2[C@H](c2ccc(F)cc2)N1C[C@H]1CCCO1. The predicted molar refractivity (Wildman–Crippen MR) is 101 cm³/mol. The highest BCUT2D eigenvalue weighted by atomic mass is 19.1. The molecule has 0 aliphatic carbocycles. The molecule has 0 spiro atoms. The summed E-state index contributed by atoms with van der Waals surface area (Å²) >= 11 is 0. The number of hydrogen-bond acceptors (Lipinski definition) is 4. The maximum absolute atomic E-state index is 13.7. The van der Waals surface area contributed by atoms with E-state index in [2.05, 4.69) is 0 Å². The van der Waals surface area contributed by atoms with E-state index in [-0.39, 0.29) is 34.9 Å². The molecule has 148 valence electrons. The number of fused-ring (bicyclic) bond motifs is 2. The number of amides is 1. The van der Waals surface area contributed by atoms with Gasteiger partial charge in [0.25, 0.3) is 5.91 Å². The number of hydrogen-bond donors (Lipinski definition) is 0. The van der Waals surface area contributed by atoms with E-state index in [0.717, 1.165) is 18.9 Å². The second-order valence-electron chi connectivity index (χ2n) is 7.36. The smallest absolute Gasteiger partial charge is 0.291 e. The molecule has 2 aliphatic heterocycles. The molecule has 1 aromatic heterocycles. The van der Waals surface area contributed by atoms with Crippen LogP contribution in [0.1, 0.15) is 40.6 Å². The van der Waals surface area contributed by atoms with E-state index in [4.69, 9.17) is 9.15 Å². The number of benzene rings is 2. The Hall–Kier alpha value is -3.06. The summed E-state index contributed by atoms with van der Waals surface area (Å²) < 4.78 is 38.6. The van der Waals surface area contributed by atoms with Crippen molar-refractivity contribution in [3.05, 3.63) is 81.2 Å². The van der Waals surface area contributed by atoms with Gasteiger partial charge >= 0.3 is 0 Å². The van der Waals surface area contributed by atoms with Gasteiger partial charge in [-0.1, -0.05) is 12.1 Å². The molecule has 1 saturated heterocycles. The fourth-order valence-electron chi connectivity index (χ4n) is 4.18. The molecule has 0 N–H and O–H groups in total. The van der Waals surface area contributed by atoms with Crippen molar-refractivity contribution >= 4 is 16.9 Å². The molecule has 2 aliphatic rings. The number of ether oxygens (including phenoxy) is 1. The highest BCUT2D eigenvalue weighted by Gasteiger charge is 2.43. The van der Waals surface area contributed by atoms with Crippen molar-refractivity contribution in [2.24, 2.45) is 0 Å². The summed E-state index contributed by atoms with van der Waals surface area (Å²) in [7, 11) is 0. The van der Waals surface area contributed by atoms with Gasteiger partial charge in [0, 0.05) is 13.2 Å². The minimum atomic E-state index is -0.744. The first-order chi connectivity index (χ1) is 14.0. The molecule has 3 aromatic rings. The van der Waals surface area contributed by atoms with Crippen molar-refractivity contribution in [3.63, 3.8) is 0 Å². The summed E-state index contributed by atoms with van der Waals surface area (Å²) in [6, 6.07) is 8.53. The van der Waals surface area contributed by atoms with Gasteiger partial charge in [-0.25, -0.2) is 8.78 Å². The minimum absolute atomic E-state index is 0.0542. The Kier molecular flexibility index (Phi) is 4.20. The first-order valence-corrected chi connectivity index (χ1v) is 9.47. The third-order valence-electron chi connectivity index (χ3n) is 5.54. The summed E-state index contributed by atoms with van der Waals surface area (Å²) in [4.78, 5) is 28.0. The fraction of sp³-hybridized carbons (Fsp3) is 0.273. The maximum Gasteiger partial charge on any atom is 0.291 e.